The maximum atomic E-state index is 11.5. The van der Waals surface area contributed by atoms with Gasteiger partial charge < -0.3 is 15.0 Å². The maximum absolute atomic E-state index is 11.5. The van der Waals surface area contributed by atoms with Gasteiger partial charge in [0, 0.05) is 25.7 Å². The standard InChI is InChI=1S/C18H31N3O2/c1-18(2)8-5-15(6-9-18)7-11-21-13-16(20-14-21)3-4-17(23)19-10-12-22/h13-15,22H,3-12H2,1-2H3,(H,19,23). The first-order valence-electron chi connectivity index (χ1n) is 8.87. The molecule has 0 unspecified atom stereocenters. The molecule has 1 aliphatic rings. The first-order chi connectivity index (χ1) is 11.0. The van der Waals surface area contributed by atoms with Crippen molar-refractivity contribution >= 4 is 5.91 Å². The number of hydrogen-bond acceptors (Lipinski definition) is 3. The molecule has 0 aromatic carbocycles. The molecule has 0 radical (unpaired) electrons. The molecule has 0 aliphatic heterocycles. The smallest absolute Gasteiger partial charge is 0.220 e. The Labute approximate surface area is 139 Å². The second-order valence-corrected chi connectivity index (χ2v) is 7.57. The van der Waals surface area contributed by atoms with E-state index in [1.807, 2.05) is 6.33 Å². The van der Waals surface area contributed by atoms with Crippen LogP contribution in [-0.2, 0) is 17.8 Å². The van der Waals surface area contributed by atoms with Crippen LogP contribution in [0.3, 0.4) is 0 Å². The summed E-state index contributed by atoms with van der Waals surface area (Å²) in [7, 11) is 0. The van der Waals surface area contributed by atoms with E-state index in [-0.39, 0.29) is 12.5 Å². The van der Waals surface area contributed by atoms with E-state index in [0.29, 0.717) is 24.8 Å². The van der Waals surface area contributed by atoms with Crippen LogP contribution in [0.15, 0.2) is 12.5 Å². The van der Waals surface area contributed by atoms with Crippen LogP contribution in [0.1, 0.15) is 58.1 Å². The van der Waals surface area contributed by atoms with E-state index in [1.54, 1.807) is 0 Å². The molecule has 2 rings (SSSR count). The number of amides is 1. The molecule has 1 heterocycles. The minimum absolute atomic E-state index is 0.0152. The first kappa shape index (κ1) is 18.0. The van der Waals surface area contributed by atoms with Crippen LogP contribution in [0.2, 0.25) is 0 Å². The van der Waals surface area contributed by atoms with Crippen molar-refractivity contribution in [2.24, 2.45) is 11.3 Å². The largest absolute Gasteiger partial charge is 0.395 e. The molecule has 0 spiro atoms. The average Bonchev–Trinajstić information content (AvgIpc) is 2.98. The zero-order valence-corrected chi connectivity index (χ0v) is 14.6. The van der Waals surface area contributed by atoms with Crippen molar-refractivity contribution in [3.05, 3.63) is 18.2 Å². The summed E-state index contributed by atoms with van der Waals surface area (Å²) in [5.41, 5.74) is 1.50. The summed E-state index contributed by atoms with van der Waals surface area (Å²) in [5, 5.41) is 11.3. The molecule has 23 heavy (non-hydrogen) atoms. The van der Waals surface area contributed by atoms with Crippen molar-refractivity contribution in [1.29, 1.82) is 0 Å². The predicted molar refractivity (Wildman–Crippen MR) is 91.0 cm³/mol. The summed E-state index contributed by atoms with van der Waals surface area (Å²) in [4.78, 5) is 15.9. The van der Waals surface area contributed by atoms with Gasteiger partial charge in [0.2, 0.25) is 5.91 Å². The Kier molecular flexibility index (Phi) is 6.63. The van der Waals surface area contributed by atoms with Crippen LogP contribution in [0.5, 0.6) is 0 Å². The summed E-state index contributed by atoms with van der Waals surface area (Å²) in [6.07, 6.45) is 11.6. The van der Waals surface area contributed by atoms with Gasteiger partial charge in [-0.3, -0.25) is 4.79 Å². The van der Waals surface area contributed by atoms with E-state index in [9.17, 15) is 4.79 Å². The number of imidazole rings is 1. The number of nitrogens with one attached hydrogen (secondary N) is 1. The lowest BCUT2D eigenvalue weighted by Crippen LogP contribution is -2.26. The van der Waals surface area contributed by atoms with E-state index < -0.39 is 0 Å². The fourth-order valence-corrected chi connectivity index (χ4v) is 3.26. The molecule has 1 aliphatic carbocycles. The summed E-state index contributed by atoms with van der Waals surface area (Å²) < 4.78 is 2.15. The van der Waals surface area contributed by atoms with E-state index in [4.69, 9.17) is 5.11 Å². The van der Waals surface area contributed by atoms with Gasteiger partial charge in [0.15, 0.2) is 0 Å². The topological polar surface area (TPSA) is 67.2 Å². The number of hydrogen-bond donors (Lipinski definition) is 2. The molecule has 1 saturated carbocycles. The van der Waals surface area contributed by atoms with E-state index in [0.717, 1.165) is 18.2 Å². The fraction of sp³-hybridized carbons (Fsp3) is 0.778. The molecule has 1 amide bonds. The highest BCUT2D eigenvalue weighted by molar-refractivity contribution is 5.76. The highest BCUT2D eigenvalue weighted by Gasteiger charge is 2.26. The molecule has 1 fully saturated rings. The van der Waals surface area contributed by atoms with Crippen molar-refractivity contribution in [1.82, 2.24) is 14.9 Å². The van der Waals surface area contributed by atoms with Crippen LogP contribution >= 0.6 is 0 Å². The van der Waals surface area contributed by atoms with Gasteiger partial charge in [0.1, 0.15) is 0 Å². The Balaban J connectivity index is 1.67. The Morgan fingerprint density at radius 3 is 2.87 bits per heavy atom. The second kappa shape index (κ2) is 8.48. The number of rotatable bonds is 8. The molecule has 5 nitrogen and oxygen atoms in total. The third kappa shape index (κ3) is 6.34. The normalized spacial score (nSPS) is 18.0. The van der Waals surface area contributed by atoms with Crippen molar-refractivity contribution in [2.75, 3.05) is 13.2 Å². The summed E-state index contributed by atoms with van der Waals surface area (Å²) >= 11 is 0. The Bertz CT molecular complexity index is 486. The summed E-state index contributed by atoms with van der Waals surface area (Å²) in [5.74, 6) is 0.816. The van der Waals surface area contributed by atoms with Crippen LogP contribution in [-0.4, -0.2) is 33.7 Å². The monoisotopic (exact) mass is 321 g/mol. The van der Waals surface area contributed by atoms with E-state index in [2.05, 4.69) is 34.9 Å². The second-order valence-electron chi connectivity index (χ2n) is 7.57. The summed E-state index contributed by atoms with van der Waals surface area (Å²) in [6, 6.07) is 0. The molecule has 0 bridgehead atoms. The van der Waals surface area contributed by atoms with Crippen LogP contribution < -0.4 is 5.32 Å². The SMILES string of the molecule is CC1(C)CCC(CCn2cnc(CCC(=O)NCCO)c2)CC1. The van der Waals surface area contributed by atoms with E-state index in [1.165, 1.54) is 32.1 Å². The molecule has 0 saturated heterocycles. The van der Waals surface area contributed by atoms with Crippen LogP contribution in [0.4, 0.5) is 0 Å². The highest BCUT2D eigenvalue weighted by Crippen LogP contribution is 2.39. The number of aryl methyl sites for hydroxylation is 2. The molecule has 2 N–H and O–H groups in total. The number of aromatic nitrogens is 2. The quantitative estimate of drug-likeness (QED) is 0.773. The van der Waals surface area contributed by atoms with Gasteiger partial charge in [-0.25, -0.2) is 4.98 Å². The number of carbonyl (C=O) groups excluding carboxylic acids is 1. The first-order valence-corrected chi connectivity index (χ1v) is 8.87. The van der Waals surface area contributed by atoms with Gasteiger partial charge >= 0.3 is 0 Å². The zero-order chi connectivity index (χ0) is 16.7. The molecule has 0 atom stereocenters. The zero-order valence-electron chi connectivity index (χ0n) is 14.6. The Hall–Kier alpha value is -1.36. The van der Waals surface area contributed by atoms with Crippen molar-refractivity contribution in [2.45, 2.75) is 65.3 Å². The van der Waals surface area contributed by atoms with Gasteiger partial charge in [-0.05, 0) is 49.9 Å². The third-order valence-electron chi connectivity index (χ3n) is 4.98. The van der Waals surface area contributed by atoms with Gasteiger partial charge in [0.25, 0.3) is 0 Å². The predicted octanol–water partition coefficient (Wildman–Crippen LogP) is 2.53. The average molecular weight is 321 g/mol. The molecule has 1 aromatic rings. The van der Waals surface area contributed by atoms with Gasteiger partial charge in [-0.2, -0.15) is 0 Å². The Morgan fingerprint density at radius 2 is 2.17 bits per heavy atom. The molecular formula is C18H31N3O2. The molecular weight excluding hydrogens is 290 g/mol. The lowest BCUT2D eigenvalue weighted by Gasteiger charge is -2.34. The number of aliphatic hydroxyl groups is 1. The van der Waals surface area contributed by atoms with Gasteiger partial charge in [-0.15, -0.1) is 0 Å². The van der Waals surface area contributed by atoms with E-state index >= 15 is 0 Å². The van der Waals surface area contributed by atoms with Crippen molar-refractivity contribution < 1.29 is 9.90 Å². The molecule has 5 heteroatoms. The Morgan fingerprint density at radius 1 is 1.43 bits per heavy atom. The summed E-state index contributed by atoms with van der Waals surface area (Å²) in [6.45, 7) is 6.09. The van der Waals surface area contributed by atoms with Gasteiger partial charge in [0.05, 0.1) is 18.6 Å². The lowest BCUT2D eigenvalue weighted by molar-refractivity contribution is -0.121. The maximum Gasteiger partial charge on any atom is 0.220 e. The third-order valence-corrected chi connectivity index (χ3v) is 4.98. The number of aliphatic hydroxyl groups excluding tert-OH is 1. The van der Waals surface area contributed by atoms with Crippen molar-refractivity contribution in [3.63, 3.8) is 0 Å². The molecule has 1 aromatic heterocycles. The highest BCUT2D eigenvalue weighted by atomic mass is 16.3. The van der Waals surface area contributed by atoms with Gasteiger partial charge in [-0.1, -0.05) is 13.8 Å². The fourth-order valence-electron chi connectivity index (χ4n) is 3.26. The van der Waals surface area contributed by atoms with Crippen LogP contribution in [0, 0.1) is 11.3 Å². The number of carbonyl (C=O) groups is 1. The minimum atomic E-state index is -0.0292. The van der Waals surface area contributed by atoms with Crippen LogP contribution in [0.25, 0.3) is 0 Å². The van der Waals surface area contributed by atoms with Crippen molar-refractivity contribution in [3.8, 4) is 0 Å². The lowest BCUT2D eigenvalue weighted by atomic mass is 9.72. The molecule has 130 valence electrons. The minimum Gasteiger partial charge on any atom is -0.395 e. The number of nitrogens with zero attached hydrogens (tertiary/aromatic N) is 2.